The molecule has 1 fully saturated rings. The van der Waals surface area contributed by atoms with Crippen LogP contribution in [-0.4, -0.2) is 53.7 Å². The van der Waals surface area contributed by atoms with Crippen molar-refractivity contribution in [2.75, 3.05) is 23.7 Å². The minimum absolute atomic E-state index is 0.0710. The molecule has 3 rings (SSSR count). The molecule has 2 aromatic rings. The van der Waals surface area contributed by atoms with E-state index < -0.39 is 14.8 Å². The van der Waals surface area contributed by atoms with Crippen LogP contribution in [0.2, 0.25) is 0 Å². The highest BCUT2D eigenvalue weighted by Gasteiger charge is 2.22. The van der Waals surface area contributed by atoms with Crippen molar-refractivity contribution in [2.24, 2.45) is 0 Å². The molecule has 0 aliphatic carbocycles. The quantitative estimate of drug-likeness (QED) is 0.483. The lowest BCUT2D eigenvalue weighted by atomic mass is 10.0. The number of anilines is 1. The lowest BCUT2D eigenvalue weighted by Crippen LogP contribution is -2.44. The van der Waals surface area contributed by atoms with E-state index in [0.717, 1.165) is 31.6 Å². The third-order valence-electron chi connectivity index (χ3n) is 5.53. The Morgan fingerprint density at radius 3 is 2.45 bits per heavy atom. The van der Waals surface area contributed by atoms with Crippen molar-refractivity contribution in [3.63, 3.8) is 0 Å². The predicted molar refractivity (Wildman–Crippen MR) is 116 cm³/mol. The van der Waals surface area contributed by atoms with E-state index in [2.05, 4.69) is 15.2 Å². The number of hydrogen-bond acceptors (Lipinski definition) is 7. The molecule has 31 heavy (non-hydrogen) atoms. The number of sulfone groups is 1. The van der Waals surface area contributed by atoms with E-state index in [9.17, 15) is 23.3 Å². The number of nitrogens with one attached hydrogen (secondary N) is 1. The summed E-state index contributed by atoms with van der Waals surface area (Å²) in [7, 11) is -3.20. The first kappa shape index (κ1) is 22.7. The molecule has 0 spiro atoms. The number of piperidine rings is 1. The van der Waals surface area contributed by atoms with Crippen LogP contribution >= 0.6 is 0 Å². The van der Waals surface area contributed by atoms with Gasteiger partial charge in [-0.25, -0.2) is 8.42 Å². The van der Waals surface area contributed by atoms with E-state index in [0.29, 0.717) is 17.3 Å². The number of nitrogens with zero attached hydrogens (tertiary/aromatic N) is 4. The molecular weight excluding hydrogens is 422 g/mol. The molecule has 1 aliphatic heterocycles. The molecule has 1 aliphatic rings. The molecule has 10 nitrogen and oxygen atoms in total. The number of rotatable bonds is 8. The van der Waals surface area contributed by atoms with Gasteiger partial charge in [-0.05, 0) is 47.0 Å². The van der Waals surface area contributed by atoms with Gasteiger partial charge in [0.1, 0.15) is 6.20 Å². The second kappa shape index (κ2) is 9.46. The van der Waals surface area contributed by atoms with Crippen LogP contribution in [0.15, 0.2) is 35.4 Å². The largest absolute Gasteiger partial charge is 0.381 e. The maximum atomic E-state index is 12.3. The standard InChI is InChI=1S/C20H27N5O5S/c1-3-31(29,30)18-6-4-17(5-7-18)23-11-8-16(9-12-23)22-20(26)10-13-24-14-19(25(27)28)21-15(24)2/h4-7,14,16H,3,8-13H2,1-2H3,(H,22,26). The molecule has 11 heteroatoms. The Bertz CT molecular complexity index is 1040. The van der Waals surface area contributed by atoms with Crippen LogP contribution in [0.25, 0.3) is 0 Å². The zero-order valence-electron chi connectivity index (χ0n) is 17.7. The molecule has 0 saturated carbocycles. The highest BCUT2D eigenvalue weighted by atomic mass is 32.2. The minimum atomic E-state index is -3.20. The van der Waals surface area contributed by atoms with Crippen LogP contribution in [0.4, 0.5) is 11.5 Å². The van der Waals surface area contributed by atoms with Crippen molar-refractivity contribution in [3.05, 3.63) is 46.4 Å². The highest BCUT2D eigenvalue weighted by molar-refractivity contribution is 7.91. The molecule has 1 saturated heterocycles. The van der Waals surface area contributed by atoms with Gasteiger partial charge in [-0.3, -0.25) is 4.79 Å². The van der Waals surface area contributed by atoms with E-state index >= 15 is 0 Å². The van der Waals surface area contributed by atoms with Gasteiger partial charge in [-0.2, -0.15) is 0 Å². The number of benzene rings is 1. The number of nitro groups is 1. The van der Waals surface area contributed by atoms with Crippen LogP contribution < -0.4 is 10.2 Å². The van der Waals surface area contributed by atoms with Gasteiger partial charge in [0.15, 0.2) is 9.84 Å². The molecule has 2 heterocycles. The summed E-state index contributed by atoms with van der Waals surface area (Å²) in [5, 5.41) is 13.8. The number of carbonyl (C=O) groups excluding carboxylic acids is 1. The fraction of sp³-hybridized carbons (Fsp3) is 0.500. The second-order valence-corrected chi connectivity index (χ2v) is 9.85. The first-order valence-corrected chi connectivity index (χ1v) is 11.9. The maximum absolute atomic E-state index is 12.3. The normalized spacial score (nSPS) is 15.1. The van der Waals surface area contributed by atoms with E-state index in [1.54, 1.807) is 30.5 Å². The molecule has 0 bridgehead atoms. The minimum Gasteiger partial charge on any atom is -0.371 e. The van der Waals surface area contributed by atoms with E-state index in [1.165, 1.54) is 6.20 Å². The van der Waals surface area contributed by atoms with Crippen LogP contribution in [0, 0.1) is 17.0 Å². The fourth-order valence-corrected chi connectivity index (χ4v) is 4.52. The summed E-state index contributed by atoms with van der Waals surface area (Å²) >= 11 is 0. The van der Waals surface area contributed by atoms with Gasteiger partial charge in [0.2, 0.25) is 11.7 Å². The average molecular weight is 450 g/mol. The van der Waals surface area contributed by atoms with Crippen molar-refractivity contribution in [2.45, 2.75) is 50.6 Å². The van der Waals surface area contributed by atoms with Crippen LogP contribution in [-0.2, 0) is 21.2 Å². The zero-order chi connectivity index (χ0) is 22.6. The lowest BCUT2D eigenvalue weighted by Gasteiger charge is -2.34. The first-order chi connectivity index (χ1) is 14.7. The fourth-order valence-electron chi connectivity index (χ4n) is 3.64. The van der Waals surface area contributed by atoms with Gasteiger partial charge in [0, 0.05) is 44.7 Å². The molecule has 0 atom stereocenters. The summed E-state index contributed by atoms with van der Waals surface area (Å²) in [5.74, 6) is 0.272. The smallest absolute Gasteiger partial charge is 0.371 e. The number of amides is 1. The Kier molecular flexibility index (Phi) is 6.94. The van der Waals surface area contributed by atoms with Crippen molar-refractivity contribution < 1.29 is 18.1 Å². The van der Waals surface area contributed by atoms with Crippen LogP contribution in [0.3, 0.4) is 0 Å². The highest BCUT2D eigenvalue weighted by Crippen LogP contribution is 2.22. The Labute approximate surface area is 181 Å². The Balaban J connectivity index is 1.46. The molecular formula is C20H27N5O5S. The van der Waals surface area contributed by atoms with Crippen LogP contribution in [0.1, 0.15) is 32.0 Å². The summed E-state index contributed by atoms with van der Waals surface area (Å²) in [6, 6.07) is 7.01. The van der Waals surface area contributed by atoms with Crippen molar-refractivity contribution >= 4 is 27.2 Å². The van der Waals surface area contributed by atoms with Gasteiger partial charge in [-0.1, -0.05) is 6.92 Å². The Morgan fingerprint density at radius 1 is 1.26 bits per heavy atom. The first-order valence-electron chi connectivity index (χ1n) is 10.2. The summed E-state index contributed by atoms with van der Waals surface area (Å²) in [6.45, 7) is 5.16. The monoisotopic (exact) mass is 449 g/mol. The van der Waals surface area contributed by atoms with E-state index in [4.69, 9.17) is 0 Å². The average Bonchev–Trinajstić information content (AvgIpc) is 3.14. The Morgan fingerprint density at radius 2 is 1.90 bits per heavy atom. The summed E-state index contributed by atoms with van der Waals surface area (Å²) in [6.07, 6.45) is 3.15. The number of carbonyl (C=O) groups is 1. The molecule has 1 N–H and O–H groups in total. The molecule has 1 aromatic heterocycles. The zero-order valence-corrected chi connectivity index (χ0v) is 18.5. The third-order valence-corrected chi connectivity index (χ3v) is 7.28. The van der Waals surface area contributed by atoms with Crippen molar-refractivity contribution in [1.82, 2.24) is 14.9 Å². The Hall–Kier alpha value is -2.95. The van der Waals surface area contributed by atoms with Crippen LogP contribution in [0.5, 0.6) is 0 Å². The molecule has 0 radical (unpaired) electrons. The summed E-state index contributed by atoms with van der Waals surface area (Å²) in [5.41, 5.74) is 0.969. The van der Waals surface area contributed by atoms with Crippen molar-refractivity contribution in [1.29, 1.82) is 0 Å². The molecule has 1 aromatic carbocycles. The van der Waals surface area contributed by atoms with E-state index in [1.807, 2.05) is 12.1 Å². The van der Waals surface area contributed by atoms with Gasteiger partial charge < -0.3 is 24.9 Å². The molecule has 0 unspecified atom stereocenters. The predicted octanol–water partition coefficient (Wildman–Crippen LogP) is 2.07. The van der Waals surface area contributed by atoms with Gasteiger partial charge in [-0.15, -0.1) is 0 Å². The topological polar surface area (TPSA) is 127 Å². The maximum Gasteiger partial charge on any atom is 0.381 e. The van der Waals surface area contributed by atoms with E-state index in [-0.39, 0.29) is 29.9 Å². The van der Waals surface area contributed by atoms with Gasteiger partial charge in [0.05, 0.1) is 10.6 Å². The third kappa shape index (κ3) is 5.60. The number of hydrogen-bond donors (Lipinski definition) is 1. The summed E-state index contributed by atoms with van der Waals surface area (Å²) in [4.78, 5) is 28.9. The van der Waals surface area contributed by atoms with Crippen molar-refractivity contribution in [3.8, 4) is 0 Å². The number of aryl methyl sites for hydroxylation is 2. The number of aromatic nitrogens is 2. The number of imidazole rings is 1. The lowest BCUT2D eigenvalue weighted by molar-refractivity contribution is -0.389. The molecule has 1 amide bonds. The second-order valence-electron chi connectivity index (χ2n) is 7.57. The SMILES string of the molecule is CCS(=O)(=O)c1ccc(N2CCC(NC(=O)CCn3cc([N+](=O)[O-])nc3C)CC2)cc1. The molecule has 168 valence electrons. The van der Waals surface area contributed by atoms with Gasteiger partial charge in [0.25, 0.3) is 0 Å². The summed E-state index contributed by atoms with van der Waals surface area (Å²) < 4.78 is 25.5. The van der Waals surface area contributed by atoms with Gasteiger partial charge >= 0.3 is 5.82 Å².